The van der Waals surface area contributed by atoms with Crippen molar-refractivity contribution >= 4 is 5.78 Å². The highest BCUT2D eigenvalue weighted by molar-refractivity contribution is 5.83. The Bertz CT molecular complexity index is 275. The zero-order chi connectivity index (χ0) is 13.7. The van der Waals surface area contributed by atoms with Gasteiger partial charge >= 0.3 is 0 Å². The second kappa shape index (κ2) is 7.42. The fraction of sp³-hybridized carbons (Fsp3) is 0.941. The molecule has 0 unspecified atom stereocenters. The molecule has 2 nitrogen and oxygen atoms in total. The van der Waals surface area contributed by atoms with Crippen molar-refractivity contribution < 1.29 is 4.79 Å². The smallest absolute Gasteiger partial charge is 0.149 e. The summed E-state index contributed by atoms with van der Waals surface area (Å²) in [6.45, 7) is 3.01. The van der Waals surface area contributed by atoms with Gasteiger partial charge in [0.1, 0.15) is 5.78 Å². The third kappa shape index (κ3) is 4.30. The Balaban J connectivity index is 1.74. The van der Waals surface area contributed by atoms with Crippen LogP contribution in [0.3, 0.4) is 0 Å². The van der Waals surface area contributed by atoms with E-state index in [0.29, 0.717) is 24.3 Å². The summed E-state index contributed by atoms with van der Waals surface area (Å²) < 4.78 is 0. The highest BCUT2D eigenvalue weighted by Crippen LogP contribution is 2.30. The molecule has 0 atom stereocenters. The van der Waals surface area contributed by atoms with Gasteiger partial charge in [-0.3, -0.25) is 9.69 Å². The van der Waals surface area contributed by atoms with Crippen LogP contribution in [-0.2, 0) is 4.79 Å². The molecule has 2 fully saturated rings. The summed E-state index contributed by atoms with van der Waals surface area (Å²) in [4.78, 5) is 14.7. The Morgan fingerprint density at radius 2 is 1.63 bits per heavy atom. The number of hydrogen-bond acceptors (Lipinski definition) is 2. The number of carbonyl (C=O) groups excluding carboxylic acids is 1. The molecule has 0 aromatic carbocycles. The average molecular weight is 265 g/mol. The molecule has 0 radical (unpaired) electrons. The fourth-order valence-electron chi connectivity index (χ4n) is 3.92. The highest BCUT2D eigenvalue weighted by Gasteiger charge is 2.27. The molecule has 2 aliphatic rings. The van der Waals surface area contributed by atoms with Gasteiger partial charge in [0, 0.05) is 12.0 Å². The van der Waals surface area contributed by atoms with Crippen LogP contribution in [0.2, 0.25) is 0 Å². The van der Waals surface area contributed by atoms with Crippen LogP contribution in [0.1, 0.15) is 71.1 Å². The van der Waals surface area contributed by atoms with Crippen LogP contribution in [0.4, 0.5) is 0 Å². The van der Waals surface area contributed by atoms with Crippen molar-refractivity contribution in [3.8, 4) is 0 Å². The molecule has 2 heteroatoms. The van der Waals surface area contributed by atoms with Crippen molar-refractivity contribution in [3.63, 3.8) is 0 Å². The van der Waals surface area contributed by atoms with E-state index >= 15 is 0 Å². The molecule has 0 bridgehead atoms. The predicted molar refractivity (Wildman–Crippen MR) is 80.2 cm³/mol. The summed E-state index contributed by atoms with van der Waals surface area (Å²) in [5.41, 5.74) is 0. The van der Waals surface area contributed by atoms with E-state index in [2.05, 4.69) is 18.9 Å². The lowest BCUT2D eigenvalue weighted by atomic mass is 9.83. The third-order valence-corrected chi connectivity index (χ3v) is 5.48. The van der Waals surface area contributed by atoms with Crippen LogP contribution >= 0.6 is 0 Å². The van der Waals surface area contributed by atoms with E-state index in [1.54, 1.807) is 0 Å². The van der Waals surface area contributed by atoms with Gasteiger partial charge in [0.15, 0.2) is 0 Å². The monoisotopic (exact) mass is 265 g/mol. The summed E-state index contributed by atoms with van der Waals surface area (Å²) >= 11 is 0. The van der Waals surface area contributed by atoms with Gasteiger partial charge in [-0.2, -0.15) is 0 Å². The number of nitrogens with zero attached hydrogens (tertiary/aromatic N) is 1. The van der Waals surface area contributed by atoms with Crippen molar-refractivity contribution in [2.24, 2.45) is 11.8 Å². The largest absolute Gasteiger partial charge is 0.298 e. The van der Waals surface area contributed by atoms with Gasteiger partial charge in [0.05, 0.1) is 6.54 Å². The minimum absolute atomic E-state index is 0.378. The molecule has 0 aromatic heterocycles. The Kier molecular flexibility index (Phi) is 5.87. The summed E-state index contributed by atoms with van der Waals surface area (Å²) in [7, 11) is 2.16. The Morgan fingerprint density at radius 3 is 2.21 bits per heavy atom. The number of hydrogen-bond donors (Lipinski definition) is 0. The molecule has 0 heterocycles. The minimum atomic E-state index is 0.378. The van der Waals surface area contributed by atoms with Crippen LogP contribution < -0.4 is 0 Å². The van der Waals surface area contributed by atoms with Gasteiger partial charge in [-0.1, -0.05) is 32.6 Å². The van der Waals surface area contributed by atoms with Crippen LogP contribution in [0.15, 0.2) is 0 Å². The quantitative estimate of drug-likeness (QED) is 0.748. The molecule has 19 heavy (non-hydrogen) atoms. The molecule has 0 saturated heterocycles. The van der Waals surface area contributed by atoms with E-state index in [1.165, 1.54) is 51.4 Å². The van der Waals surface area contributed by atoms with Crippen molar-refractivity contribution in [1.29, 1.82) is 0 Å². The maximum absolute atomic E-state index is 12.3. The first-order chi connectivity index (χ1) is 9.20. The average Bonchev–Trinajstić information content (AvgIpc) is 2.48. The molecule has 2 saturated carbocycles. The summed E-state index contributed by atoms with van der Waals surface area (Å²) in [5.74, 6) is 1.83. The van der Waals surface area contributed by atoms with Crippen LogP contribution in [0, 0.1) is 11.8 Å². The second-order valence-corrected chi connectivity index (χ2v) is 6.80. The van der Waals surface area contributed by atoms with Gasteiger partial charge in [-0.05, 0) is 51.5 Å². The summed E-state index contributed by atoms with van der Waals surface area (Å²) in [6.07, 6.45) is 12.8. The van der Waals surface area contributed by atoms with E-state index in [-0.39, 0.29) is 0 Å². The Hall–Kier alpha value is -0.370. The third-order valence-electron chi connectivity index (χ3n) is 5.48. The van der Waals surface area contributed by atoms with Gasteiger partial charge < -0.3 is 0 Å². The lowest BCUT2D eigenvalue weighted by Gasteiger charge is -2.35. The topological polar surface area (TPSA) is 20.3 Å². The maximum atomic E-state index is 12.3. The van der Waals surface area contributed by atoms with E-state index in [4.69, 9.17) is 0 Å². The van der Waals surface area contributed by atoms with E-state index in [9.17, 15) is 4.79 Å². The van der Waals surface area contributed by atoms with Gasteiger partial charge in [-0.25, -0.2) is 0 Å². The lowest BCUT2D eigenvalue weighted by Crippen LogP contribution is -2.40. The number of likely N-dealkylation sites (N-methyl/N-ethyl adjacent to an activating group) is 1. The first-order valence-corrected chi connectivity index (χ1v) is 8.43. The number of rotatable bonds is 5. The van der Waals surface area contributed by atoms with E-state index < -0.39 is 0 Å². The SMILES string of the molecule is CCC1CCC(N(C)CC(=O)C2CCCCC2)CC1. The predicted octanol–water partition coefficient (Wildman–Crippen LogP) is 4.04. The van der Waals surface area contributed by atoms with Crippen molar-refractivity contribution in [3.05, 3.63) is 0 Å². The summed E-state index contributed by atoms with van der Waals surface area (Å²) in [5, 5.41) is 0. The number of ketones is 1. The molecular formula is C17H31NO. The molecule has 0 N–H and O–H groups in total. The van der Waals surface area contributed by atoms with Crippen LogP contribution in [0.25, 0.3) is 0 Å². The Labute approximate surface area is 118 Å². The standard InChI is InChI=1S/C17H31NO/c1-3-14-9-11-16(12-10-14)18(2)13-17(19)15-7-5-4-6-8-15/h14-16H,3-13H2,1-2H3. The lowest BCUT2D eigenvalue weighted by molar-refractivity contribution is -0.125. The first-order valence-electron chi connectivity index (χ1n) is 8.43. The zero-order valence-corrected chi connectivity index (χ0v) is 12.9. The van der Waals surface area contributed by atoms with Crippen molar-refractivity contribution in [2.45, 2.75) is 77.2 Å². The van der Waals surface area contributed by atoms with Gasteiger partial charge in [0.2, 0.25) is 0 Å². The van der Waals surface area contributed by atoms with E-state index in [1.807, 2.05) is 0 Å². The fourth-order valence-corrected chi connectivity index (χ4v) is 3.92. The molecule has 110 valence electrons. The number of Topliss-reactive ketones (excluding diaryl/α,β-unsaturated/α-hetero) is 1. The zero-order valence-electron chi connectivity index (χ0n) is 12.9. The van der Waals surface area contributed by atoms with Gasteiger partial charge in [0.25, 0.3) is 0 Å². The molecule has 0 spiro atoms. The normalized spacial score (nSPS) is 29.6. The van der Waals surface area contributed by atoms with E-state index in [0.717, 1.165) is 18.8 Å². The molecule has 2 aliphatic carbocycles. The highest BCUT2D eigenvalue weighted by atomic mass is 16.1. The molecule has 0 amide bonds. The number of carbonyl (C=O) groups is 1. The first kappa shape index (κ1) is 15.0. The maximum Gasteiger partial charge on any atom is 0.149 e. The Morgan fingerprint density at radius 1 is 1.00 bits per heavy atom. The summed E-state index contributed by atoms with van der Waals surface area (Å²) in [6, 6.07) is 0.662. The van der Waals surface area contributed by atoms with Crippen molar-refractivity contribution in [1.82, 2.24) is 4.90 Å². The van der Waals surface area contributed by atoms with Gasteiger partial charge in [-0.15, -0.1) is 0 Å². The molecule has 2 rings (SSSR count). The van der Waals surface area contributed by atoms with Crippen LogP contribution in [-0.4, -0.2) is 30.3 Å². The van der Waals surface area contributed by atoms with Crippen LogP contribution in [0.5, 0.6) is 0 Å². The van der Waals surface area contributed by atoms with Crippen molar-refractivity contribution in [2.75, 3.05) is 13.6 Å². The second-order valence-electron chi connectivity index (χ2n) is 6.80. The molecule has 0 aliphatic heterocycles. The minimum Gasteiger partial charge on any atom is -0.298 e. The molecular weight excluding hydrogens is 234 g/mol. The molecule has 0 aromatic rings.